The van der Waals surface area contributed by atoms with Gasteiger partial charge >= 0.3 is 5.97 Å². The minimum Gasteiger partial charge on any atom is -0.598 e. The Kier molecular flexibility index (Phi) is 6.95. The molecule has 1 N–H and O–H groups in total. The number of benzene rings is 2. The lowest BCUT2D eigenvalue weighted by Crippen LogP contribution is -2.51. The summed E-state index contributed by atoms with van der Waals surface area (Å²) in [6.45, 7) is 9.28. The predicted octanol–water partition coefficient (Wildman–Crippen LogP) is 5.91. The van der Waals surface area contributed by atoms with E-state index >= 15 is 0 Å². The molecule has 0 aliphatic heterocycles. The van der Waals surface area contributed by atoms with Gasteiger partial charge in [-0.2, -0.15) is 0 Å². The van der Waals surface area contributed by atoms with E-state index in [-0.39, 0.29) is 6.42 Å². The second kappa shape index (κ2) is 9.01. The molecular weight excluding hydrogens is 450 g/mol. The van der Waals surface area contributed by atoms with Crippen LogP contribution in [0.3, 0.4) is 0 Å². The second-order valence-corrected chi connectivity index (χ2v) is 12.0. The fourth-order valence-electron chi connectivity index (χ4n) is 3.35. The van der Waals surface area contributed by atoms with Crippen LogP contribution in [0.5, 0.6) is 0 Å². The van der Waals surface area contributed by atoms with Crippen molar-refractivity contribution in [2.75, 3.05) is 7.11 Å². The third-order valence-electron chi connectivity index (χ3n) is 5.02. The van der Waals surface area contributed by atoms with E-state index in [2.05, 4.69) is 28.7 Å². The maximum Gasteiger partial charge on any atom is 0.307 e. The lowest BCUT2D eigenvalue weighted by atomic mass is 9.88. The van der Waals surface area contributed by atoms with Crippen LogP contribution in [0.2, 0.25) is 5.02 Å². The van der Waals surface area contributed by atoms with Crippen molar-refractivity contribution in [3.05, 3.63) is 46.5 Å². The zero-order valence-electron chi connectivity index (χ0n) is 18.5. The molecule has 7 heteroatoms. The largest absolute Gasteiger partial charge is 0.598 e. The molecule has 0 fully saturated rings. The first kappa shape index (κ1) is 23.9. The summed E-state index contributed by atoms with van der Waals surface area (Å²) in [6, 6.07) is 10.1. The topological polar surface area (TPSA) is 61.4 Å². The first-order valence-corrected chi connectivity index (χ1v) is 12.2. The predicted molar refractivity (Wildman–Crippen MR) is 132 cm³/mol. The Morgan fingerprint density at radius 2 is 1.87 bits per heavy atom. The quantitative estimate of drug-likeness (QED) is 0.283. The molecule has 0 bridgehead atoms. The Balaban J connectivity index is 2.22. The number of ether oxygens (including phenoxy) is 1. The molecular formula is C24H26ClNO3S2. The standard InChI is InChI=1S/C24H26ClNO3S2/c1-7-8-15-9-10-20-16(11-15)17-12-18(19(25)13-21(17)30-20)24(5,14-22(27)29-6)26-31(28)23(2,3)4/h9-13,26H,14H2,1-6H3. The minimum absolute atomic E-state index is 0.00875. The molecule has 164 valence electrons. The Bertz CT molecular complexity index is 1200. The minimum atomic E-state index is -1.42. The normalized spacial score (nSPS) is 14.7. The first-order valence-electron chi connectivity index (χ1n) is 9.84. The molecule has 1 aromatic heterocycles. The van der Waals surface area contributed by atoms with Crippen LogP contribution in [0.15, 0.2) is 30.3 Å². The number of nitrogens with one attached hydrogen (secondary N) is 1. The van der Waals surface area contributed by atoms with Crippen molar-refractivity contribution in [1.82, 2.24) is 4.72 Å². The third-order valence-corrected chi connectivity index (χ3v) is 8.22. The molecule has 0 aliphatic rings. The van der Waals surface area contributed by atoms with Crippen molar-refractivity contribution >= 4 is 60.4 Å². The molecule has 0 saturated heterocycles. The maximum atomic E-state index is 13.0. The average Bonchev–Trinajstić information content (AvgIpc) is 3.03. The number of carbonyl (C=O) groups is 1. The van der Waals surface area contributed by atoms with Gasteiger partial charge in [-0.25, -0.2) is 0 Å². The smallest absolute Gasteiger partial charge is 0.307 e. The molecule has 3 rings (SSSR count). The summed E-state index contributed by atoms with van der Waals surface area (Å²) in [4.78, 5) is 12.3. The van der Waals surface area contributed by atoms with Gasteiger partial charge in [0.1, 0.15) is 4.75 Å². The maximum absolute atomic E-state index is 13.0. The number of esters is 1. The number of hydrogen-bond donors (Lipinski definition) is 1. The van der Waals surface area contributed by atoms with Gasteiger partial charge in [-0.15, -0.1) is 22.0 Å². The van der Waals surface area contributed by atoms with Crippen molar-refractivity contribution in [1.29, 1.82) is 0 Å². The highest BCUT2D eigenvalue weighted by Crippen LogP contribution is 2.41. The van der Waals surface area contributed by atoms with E-state index in [0.29, 0.717) is 10.6 Å². The van der Waals surface area contributed by atoms with Crippen molar-refractivity contribution in [3.63, 3.8) is 0 Å². The van der Waals surface area contributed by atoms with E-state index < -0.39 is 27.6 Å². The molecule has 0 radical (unpaired) electrons. The number of halogens is 1. The van der Waals surface area contributed by atoms with Crippen LogP contribution in [0.25, 0.3) is 20.2 Å². The van der Waals surface area contributed by atoms with Crippen molar-refractivity contribution in [2.24, 2.45) is 0 Å². The Labute approximate surface area is 195 Å². The molecule has 2 aromatic carbocycles. The highest BCUT2D eigenvalue weighted by atomic mass is 35.5. The number of methoxy groups -OCH3 is 1. The van der Waals surface area contributed by atoms with E-state index in [1.54, 1.807) is 11.3 Å². The molecule has 3 aromatic rings. The fraction of sp³-hybridized carbons (Fsp3) is 0.375. The monoisotopic (exact) mass is 475 g/mol. The van der Waals surface area contributed by atoms with Gasteiger partial charge in [0.25, 0.3) is 0 Å². The van der Waals surface area contributed by atoms with Crippen molar-refractivity contribution < 1.29 is 14.1 Å². The summed E-state index contributed by atoms with van der Waals surface area (Å²) in [5.74, 6) is 5.63. The van der Waals surface area contributed by atoms with Gasteiger partial charge in [0.2, 0.25) is 0 Å². The van der Waals surface area contributed by atoms with E-state index in [1.165, 1.54) is 7.11 Å². The zero-order chi connectivity index (χ0) is 23.0. The number of thiophene rings is 1. The average molecular weight is 476 g/mol. The van der Waals surface area contributed by atoms with E-state index in [9.17, 15) is 9.35 Å². The van der Waals surface area contributed by atoms with Gasteiger partial charge < -0.3 is 9.29 Å². The molecule has 4 nitrogen and oxygen atoms in total. The van der Waals surface area contributed by atoms with Crippen LogP contribution >= 0.6 is 22.9 Å². The second-order valence-electron chi connectivity index (χ2n) is 8.58. The van der Waals surface area contributed by atoms with Gasteiger partial charge in [0.15, 0.2) is 0 Å². The molecule has 1 heterocycles. The molecule has 0 spiro atoms. The van der Waals surface area contributed by atoms with E-state index in [4.69, 9.17) is 16.3 Å². The van der Waals surface area contributed by atoms with Gasteiger partial charge in [-0.1, -0.05) is 17.5 Å². The molecule has 0 saturated carbocycles. The summed E-state index contributed by atoms with van der Waals surface area (Å²) in [6.07, 6.45) is -0.00875. The van der Waals surface area contributed by atoms with Crippen LogP contribution < -0.4 is 4.72 Å². The fourth-order valence-corrected chi connectivity index (χ4v) is 5.79. The molecule has 0 aliphatic carbocycles. The number of hydrogen-bond acceptors (Lipinski definition) is 5. The van der Waals surface area contributed by atoms with Crippen molar-refractivity contribution in [2.45, 2.75) is 51.3 Å². The number of carbonyl (C=O) groups excluding carboxylic acids is 1. The number of fused-ring (bicyclic) bond motifs is 3. The van der Waals surface area contributed by atoms with Crippen LogP contribution in [0, 0.1) is 11.8 Å². The molecule has 2 atom stereocenters. The molecule has 0 amide bonds. The van der Waals surface area contributed by atoms with E-state index in [1.807, 2.05) is 52.8 Å². The third kappa shape index (κ3) is 5.02. The highest BCUT2D eigenvalue weighted by molar-refractivity contribution is 7.90. The summed E-state index contributed by atoms with van der Waals surface area (Å²) >= 11 is 6.94. The van der Waals surface area contributed by atoms with Crippen LogP contribution in [-0.2, 0) is 26.4 Å². The summed E-state index contributed by atoms with van der Waals surface area (Å²) in [7, 11) is 1.34. The van der Waals surface area contributed by atoms with Gasteiger partial charge in [0, 0.05) is 42.1 Å². The van der Waals surface area contributed by atoms with Crippen molar-refractivity contribution in [3.8, 4) is 11.8 Å². The highest BCUT2D eigenvalue weighted by Gasteiger charge is 2.40. The lowest BCUT2D eigenvalue weighted by molar-refractivity contribution is -0.142. The van der Waals surface area contributed by atoms with Gasteiger partial charge in [0.05, 0.1) is 19.1 Å². The summed E-state index contributed by atoms with van der Waals surface area (Å²) in [5.41, 5.74) is 0.665. The van der Waals surface area contributed by atoms with Crippen LogP contribution in [-0.4, -0.2) is 22.4 Å². The van der Waals surface area contributed by atoms with Crippen LogP contribution in [0.4, 0.5) is 0 Å². The molecule has 2 unspecified atom stereocenters. The van der Waals surface area contributed by atoms with E-state index in [0.717, 1.165) is 25.7 Å². The van der Waals surface area contributed by atoms with Crippen LogP contribution in [0.1, 0.15) is 52.2 Å². The van der Waals surface area contributed by atoms with Gasteiger partial charge in [-0.05, 0) is 70.5 Å². The summed E-state index contributed by atoms with van der Waals surface area (Å²) < 4.78 is 22.7. The SMILES string of the molecule is CC#Cc1ccc2sc3cc(Cl)c(C(C)(CC(=O)OC)N[S+]([O-])C(C)(C)C)cc3c2c1. The Morgan fingerprint density at radius 3 is 2.48 bits per heavy atom. The first-order chi connectivity index (χ1) is 14.5. The zero-order valence-corrected chi connectivity index (χ0v) is 20.9. The Hall–Kier alpha value is -1.75. The van der Waals surface area contributed by atoms with Gasteiger partial charge in [-0.3, -0.25) is 4.79 Å². The Morgan fingerprint density at radius 1 is 1.19 bits per heavy atom. The number of rotatable bonds is 5. The summed E-state index contributed by atoms with van der Waals surface area (Å²) in [5, 5.41) is 2.62. The molecule has 31 heavy (non-hydrogen) atoms. The lowest BCUT2D eigenvalue weighted by Gasteiger charge is -2.35.